The van der Waals surface area contributed by atoms with Crippen molar-refractivity contribution in [3.8, 4) is 5.75 Å². The third kappa shape index (κ3) is 4.42. The molecule has 1 aromatic carbocycles. The standard InChI is InChI=1S/C24H29N3O3/c1-17(2)18-9-11-19(12-10-18)30-16-24(28)27(14-20-6-5-13-29-20)15-22-21-7-4-8-23(21)26(3)25-22/h5-6,9-13,17H,4,7-8,14-16H2,1-3H3. The highest BCUT2D eigenvalue weighted by Crippen LogP contribution is 2.26. The second-order valence-electron chi connectivity index (χ2n) is 8.19. The van der Waals surface area contributed by atoms with Crippen molar-refractivity contribution in [1.29, 1.82) is 0 Å². The van der Waals surface area contributed by atoms with Gasteiger partial charge in [0, 0.05) is 12.7 Å². The minimum absolute atomic E-state index is 0.0171. The molecule has 6 heteroatoms. The zero-order valence-corrected chi connectivity index (χ0v) is 17.9. The number of aryl methyl sites for hydroxylation is 1. The topological polar surface area (TPSA) is 60.5 Å². The van der Waals surface area contributed by atoms with Crippen LogP contribution < -0.4 is 4.74 Å². The van der Waals surface area contributed by atoms with Crippen molar-refractivity contribution in [2.75, 3.05) is 6.61 Å². The number of carbonyl (C=O) groups excluding carboxylic acids is 1. The molecule has 1 aliphatic rings. The third-order valence-electron chi connectivity index (χ3n) is 5.73. The average molecular weight is 408 g/mol. The van der Waals surface area contributed by atoms with Gasteiger partial charge >= 0.3 is 0 Å². The second-order valence-corrected chi connectivity index (χ2v) is 8.19. The number of hydrogen-bond donors (Lipinski definition) is 0. The van der Waals surface area contributed by atoms with E-state index in [1.165, 1.54) is 16.8 Å². The Labute approximate surface area is 177 Å². The van der Waals surface area contributed by atoms with Gasteiger partial charge in [0.25, 0.3) is 5.91 Å². The van der Waals surface area contributed by atoms with E-state index in [0.29, 0.717) is 24.8 Å². The van der Waals surface area contributed by atoms with Crippen molar-refractivity contribution in [1.82, 2.24) is 14.7 Å². The SMILES string of the molecule is CC(C)c1ccc(OCC(=O)N(Cc2ccco2)Cc2nn(C)c3c2CCC3)cc1. The zero-order chi connectivity index (χ0) is 21.1. The maximum absolute atomic E-state index is 13.1. The summed E-state index contributed by atoms with van der Waals surface area (Å²) >= 11 is 0. The fourth-order valence-corrected chi connectivity index (χ4v) is 4.01. The van der Waals surface area contributed by atoms with Gasteiger partial charge in [-0.1, -0.05) is 26.0 Å². The van der Waals surface area contributed by atoms with Crippen LogP contribution in [-0.4, -0.2) is 27.2 Å². The molecule has 158 valence electrons. The molecule has 2 heterocycles. The molecule has 0 saturated carbocycles. The lowest BCUT2D eigenvalue weighted by molar-refractivity contribution is -0.135. The molecule has 0 fully saturated rings. The summed E-state index contributed by atoms with van der Waals surface area (Å²) in [5.41, 5.74) is 4.81. The number of rotatable bonds is 8. The summed E-state index contributed by atoms with van der Waals surface area (Å²) in [6, 6.07) is 11.7. The van der Waals surface area contributed by atoms with Gasteiger partial charge in [0.05, 0.1) is 25.0 Å². The number of hydrogen-bond acceptors (Lipinski definition) is 4. The molecule has 0 saturated heterocycles. The molecule has 0 spiro atoms. The van der Waals surface area contributed by atoms with Gasteiger partial charge in [-0.15, -0.1) is 0 Å². The van der Waals surface area contributed by atoms with Crippen LogP contribution in [0.3, 0.4) is 0 Å². The minimum atomic E-state index is -0.0864. The number of amides is 1. The molecular weight excluding hydrogens is 378 g/mol. The van der Waals surface area contributed by atoms with E-state index in [1.807, 2.05) is 48.1 Å². The molecule has 0 atom stereocenters. The molecule has 0 aliphatic heterocycles. The van der Waals surface area contributed by atoms with E-state index in [-0.39, 0.29) is 12.5 Å². The third-order valence-corrected chi connectivity index (χ3v) is 5.73. The van der Waals surface area contributed by atoms with E-state index in [9.17, 15) is 4.79 Å². The molecule has 0 N–H and O–H groups in total. The summed E-state index contributed by atoms with van der Waals surface area (Å²) in [4.78, 5) is 14.8. The zero-order valence-electron chi connectivity index (χ0n) is 17.9. The smallest absolute Gasteiger partial charge is 0.261 e. The summed E-state index contributed by atoms with van der Waals surface area (Å²) in [5, 5.41) is 4.68. The molecule has 0 radical (unpaired) electrons. The number of aromatic nitrogens is 2. The van der Waals surface area contributed by atoms with Crippen LogP contribution in [0, 0.1) is 0 Å². The van der Waals surface area contributed by atoms with E-state index in [1.54, 1.807) is 11.2 Å². The summed E-state index contributed by atoms with van der Waals surface area (Å²) in [6.45, 7) is 5.14. The van der Waals surface area contributed by atoms with Crippen LogP contribution in [0.25, 0.3) is 0 Å². The quantitative estimate of drug-likeness (QED) is 0.561. The maximum atomic E-state index is 13.1. The van der Waals surface area contributed by atoms with E-state index in [4.69, 9.17) is 9.15 Å². The predicted octanol–water partition coefficient (Wildman–Crippen LogP) is 4.23. The highest BCUT2D eigenvalue weighted by molar-refractivity contribution is 5.77. The van der Waals surface area contributed by atoms with Crippen molar-refractivity contribution >= 4 is 5.91 Å². The number of furan rings is 1. The van der Waals surface area contributed by atoms with Crippen molar-refractivity contribution in [3.63, 3.8) is 0 Å². The van der Waals surface area contributed by atoms with Crippen LogP contribution in [0.2, 0.25) is 0 Å². The molecule has 6 nitrogen and oxygen atoms in total. The lowest BCUT2D eigenvalue weighted by atomic mass is 10.0. The normalized spacial score (nSPS) is 12.9. The first-order chi connectivity index (χ1) is 14.5. The maximum Gasteiger partial charge on any atom is 0.261 e. The van der Waals surface area contributed by atoms with Crippen molar-refractivity contribution < 1.29 is 13.9 Å². The predicted molar refractivity (Wildman–Crippen MR) is 114 cm³/mol. The summed E-state index contributed by atoms with van der Waals surface area (Å²) in [7, 11) is 1.98. The van der Waals surface area contributed by atoms with E-state index in [2.05, 4.69) is 18.9 Å². The molecule has 1 aliphatic carbocycles. The van der Waals surface area contributed by atoms with E-state index >= 15 is 0 Å². The monoisotopic (exact) mass is 407 g/mol. The molecule has 30 heavy (non-hydrogen) atoms. The number of benzene rings is 1. The van der Waals surface area contributed by atoms with Gasteiger partial charge in [-0.05, 0) is 60.6 Å². The van der Waals surface area contributed by atoms with E-state index in [0.717, 1.165) is 30.7 Å². The van der Waals surface area contributed by atoms with E-state index < -0.39 is 0 Å². The van der Waals surface area contributed by atoms with Crippen LogP contribution in [0.5, 0.6) is 5.75 Å². The largest absolute Gasteiger partial charge is 0.484 e. The van der Waals surface area contributed by atoms with Crippen molar-refractivity contribution in [2.45, 2.75) is 52.1 Å². The Morgan fingerprint density at radius 3 is 2.70 bits per heavy atom. The summed E-state index contributed by atoms with van der Waals surface area (Å²) in [6.07, 6.45) is 4.86. The Morgan fingerprint density at radius 1 is 1.20 bits per heavy atom. The van der Waals surface area contributed by atoms with Gasteiger partial charge in [0.2, 0.25) is 0 Å². The van der Waals surface area contributed by atoms with Gasteiger partial charge in [-0.3, -0.25) is 9.48 Å². The minimum Gasteiger partial charge on any atom is -0.484 e. The van der Waals surface area contributed by atoms with Crippen molar-refractivity contribution in [2.24, 2.45) is 7.05 Å². The van der Waals surface area contributed by atoms with Gasteiger partial charge < -0.3 is 14.1 Å². The fourth-order valence-electron chi connectivity index (χ4n) is 4.01. The Kier molecular flexibility index (Phi) is 5.93. The lowest BCUT2D eigenvalue weighted by Crippen LogP contribution is -2.34. The van der Waals surface area contributed by atoms with Crippen LogP contribution in [0.1, 0.15) is 54.5 Å². The van der Waals surface area contributed by atoms with Gasteiger partial charge in [-0.2, -0.15) is 5.10 Å². The lowest BCUT2D eigenvalue weighted by Gasteiger charge is -2.21. The molecule has 0 bridgehead atoms. The molecule has 2 aromatic heterocycles. The Morgan fingerprint density at radius 2 is 2.00 bits per heavy atom. The molecule has 3 aromatic rings. The second kappa shape index (κ2) is 8.78. The van der Waals surface area contributed by atoms with Gasteiger partial charge in [0.15, 0.2) is 6.61 Å². The number of ether oxygens (including phenoxy) is 1. The summed E-state index contributed by atoms with van der Waals surface area (Å²) < 4.78 is 13.2. The Bertz CT molecular complexity index is 988. The van der Waals surface area contributed by atoms with Crippen molar-refractivity contribution in [3.05, 3.63) is 70.9 Å². The van der Waals surface area contributed by atoms with Gasteiger partial charge in [-0.25, -0.2) is 0 Å². The van der Waals surface area contributed by atoms with Crippen LogP contribution >= 0.6 is 0 Å². The Hall–Kier alpha value is -3.02. The number of nitrogens with zero attached hydrogens (tertiary/aromatic N) is 3. The van der Waals surface area contributed by atoms with Crippen LogP contribution in [0.4, 0.5) is 0 Å². The molecule has 1 amide bonds. The molecular formula is C24H29N3O3. The first-order valence-electron chi connectivity index (χ1n) is 10.6. The summed E-state index contributed by atoms with van der Waals surface area (Å²) in [5.74, 6) is 1.82. The Balaban J connectivity index is 1.46. The highest BCUT2D eigenvalue weighted by Gasteiger charge is 2.25. The first-order valence-corrected chi connectivity index (χ1v) is 10.6. The van der Waals surface area contributed by atoms with Crippen LogP contribution in [0.15, 0.2) is 47.1 Å². The number of fused-ring (bicyclic) bond motifs is 1. The number of carbonyl (C=O) groups is 1. The molecule has 4 rings (SSSR count). The average Bonchev–Trinajstić information content (AvgIpc) is 3.47. The van der Waals surface area contributed by atoms with Gasteiger partial charge in [0.1, 0.15) is 11.5 Å². The highest BCUT2D eigenvalue weighted by atomic mass is 16.5. The first kappa shape index (κ1) is 20.3. The molecule has 0 unspecified atom stereocenters. The fraction of sp³-hybridized carbons (Fsp3) is 0.417. The van der Waals surface area contributed by atoms with Crippen LogP contribution in [-0.2, 0) is 37.8 Å².